The number of aliphatic hydroxyl groups is 1. The van der Waals surface area contributed by atoms with Crippen LogP contribution in [0.25, 0.3) is 0 Å². The second kappa shape index (κ2) is 6.71. The van der Waals surface area contributed by atoms with Crippen molar-refractivity contribution in [3.05, 3.63) is 24.0 Å². The van der Waals surface area contributed by atoms with Crippen LogP contribution in [0.2, 0.25) is 0 Å². The monoisotopic (exact) mass is 250 g/mol. The lowest BCUT2D eigenvalue weighted by molar-refractivity contribution is 0.122. The lowest BCUT2D eigenvalue weighted by atomic mass is 10.2. The topological polar surface area (TPSA) is 45.6 Å². The summed E-state index contributed by atoms with van der Waals surface area (Å²) in [6, 6.07) is 4.25. The lowest BCUT2D eigenvalue weighted by Crippen LogP contribution is -2.36. The van der Waals surface area contributed by atoms with E-state index in [1.54, 1.807) is 0 Å². The molecule has 2 fully saturated rings. The molecule has 0 amide bonds. The molecule has 18 heavy (non-hydrogen) atoms. The van der Waals surface area contributed by atoms with E-state index >= 15 is 0 Å². The van der Waals surface area contributed by atoms with E-state index in [4.69, 9.17) is 9.84 Å². The third kappa shape index (κ3) is 4.27. The van der Waals surface area contributed by atoms with Gasteiger partial charge in [0, 0.05) is 18.8 Å². The number of hydrogen-bond donors (Lipinski definition) is 1. The quantitative estimate of drug-likeness (QED) is 0.866. The molecule has 1 aromatic rings. The third-order valence-electron chi connectivity index (χ3n) is 3.09. The Hall–Kier alpha value is -1.13. The van der Waals surface area contributed by atoms with Gasteiger partial charge in [-0.15, -0.1) is 0 Å². The highest BCUT2D eigenvalue weighted by molar-refractivity contribution is 5.44. The molecular weight excluding hydrogens is 228 g/mol. The molecule has 3 rings (SSSR count). The van der Waals surface area contributed by atoms with Crippen molar-refractivity contribution in [2.75, 3.05) is 31.2 Å². The second-order valence-electron chi connectivity index (χ2n) is 4.69. The number of morpholine rings is 1. The number of pyridine rings is 1. The molecule has 2 aliphatic rings. The summed E-state index contributed by atoms with van der Waals surface area (Å²) in [5, 5.41) is 8.17. The number of aryl methyl sites for hydroxylation is 1. The van der Waals surface area contributed by atoms with Crippen LogP contribution in [0, 0.1) is 0 Å². The average Bonchev–Trinajstić information content (AvgIpc) is 3.23. The first-order valence-corrected chi connectivity index (χ1v) is 6.75. The van der Waals surface area contributed by atoms with Gasteiger partial charge in [-0.1, -0.05) is 6.92 Å². The Bertz CT molecular complexity index is 343. The number of ether oxygens (including phenoxy) is 1. The highest BCUT2D eigenvalue weighted by Gasteiger charge is 2.15. The highest BCUT2D eigenvalue weighted by atomic mass is 16.5. The summed E-state index contributed by atoms with van der Waals surface area (Å²) in [7, 11) is 0. The fraction of sp³-hybridized carbons (Fsp3) is 0.643. The smallest absolute Gasteiger partial charge is 0.0642 e. The maximum absolute atomic E-state index is 8.17. The molecule has 0 spiro atoms. The van der Waals surface area contributed by atoms with Crippen molar-refractivity contribution in [2.24, 2.45) is 0 Å². The number of hydrogen-bond acceptors (Lipinski definition) is 4. The van der Waals surface area contributed by atoms with Gasteiger partial charge in [0.25, 0.3) is 0 Å². The van der Waals surface area contributed by atoms with Crippen LogP contribution in [-0.2, 0) is 11.2 Å². The predicted octanol–water partition coefficient (Wildman–Crippen LogP) is 1.62. The van der Waals surface area contributed by atoms with Crippen LogP contribution >= 0.6 is 0 Å². The average molecular weight is 250 g/mol. The van der Waals surface area contributed by atoms with Gasteiger partial charge in [-0.05, 0) is 31.4 Å². The van der Waals surface area contributed by atoms with Crippen molar-refractivity contribution in [3.63, 3.8) is 0 Å². The van der Waals surface area contributed by atoms with Crippen LogP contribution in [-0.4, -0.2) is 42.5 Å². The van der Waals surface area contributed by atoms with Gasteiger partial charge in [0.1, 0.15) is 0 Å². The number of aliphatic hydroxyl groups excluding tert-OH is 1. The van der Waals surface area contributed by atoms with Crippen molar-refractivity contribution in [2.45, 2.75) is 32.3 Å². The third-order valence-corrected chi connectivity index (χ3v) is 3.09. The summed E-state index contributed by atoms with van der Waals surface area (Å²) in [6.07, 6.45) is 5.13. The van der Waals surface area contributed by atoms with Crippen molar-refractivity contribution >= 4 is 5.69 Å². The Morgan fingerprint density at radius 1 is 1.33 bits per heavy atom. The van der Waals surface area contributed by atoms with E-state index in [1.807, 2.05) is 6.20 Å². The molecule has 100 valence electrons. The van der Waals surface area contributed by atoms with E-state index in [1.165, 1.54) is 5.69 Å². The maximum Gasteiger partial charge on any atom is 0.0642 e. The van der Waals surface area contributed by atoms with Crippen LogP contribution in [0.1, 0.15) is 25.5 Å². The molecule has 1 N–H and O–H groups in total. The van der Waals surface area contributed by atoms with Gasteiger partial charge in [-0.2, -0.15) is 0 Å². The van der Waals surface area contributed by atoms with Crippen molar-refractivity contribution in [1.29, 1.82) is 0 Å². The van der Waals surface area contributed by atoms with Crippen LogP contribution < -0.4 is 4.90 Å². The number of anilines is 1. The van der Waals surface area contributed by atoms with Crippen molar-refractivity contribution in [3.8, 4) is 0 Å². The van der Waals surface area contributed by atoms with Crippen LogP contribution in [0.15, 0.2) is 18.3 Å². The van der Waals surface area contributed by atoms with Crippen LogP contribution in [0.5, 0.6) is 0 Å². The SMILES string of the molecule is CCc1ccc(N2CCOCC2)cn1.OC1CC1. The molecule has 4 nitrogen and oxygen atoms in total. The molecule has 0 aromatic carbocycles. The Morgan fingerprint density at radius 2 is 2.00 bits per heavy atom. The molecular formula is C14H22N2O2. The minimum absolute atomic E-state index is 0.0833. The molecule has 0 bridgehead atoms. The van der Waals surface area contributed by atoms with E-state index in [0.717, 1.165) is 51.3 Å². The van der Waals surface area contributed by atoms with Crippen molar-refractivity contribution in [1.82, 2.24) is 4.98 Å². The highest BCUT2D eigenvalue weighted by Crippen LogP contribution is 2.17. The molecule has 1 saturated heterocycles. The van der Waals surface area contributed by atoms with Crippen LogP contribution in [0.3, 0.4) is 0 Å². The molecule has 1 aromatic heterocycles. The summed E-state index contributed by atoms with van der Waals surface area (Å²) in [6.45, 7) is 5.74. The van der Waals surface area contributed by atoms with Gasteiger partial charge >= 0.3 is 0 Å². The molecule has 1 aliphatic carbocycles. The van der Waals surface area contributed by atoms with E-state index in [2.05, 4.69) is 28.9 Å². The van der Waals surface area contributed by atoms with Gasteiger partial charge < -0.3 is 14.7 Å². The van der Waals surface area contributed by atoms with E-state index in [9.17, 15) is 0 Å². The molecule has 2 heterocycles. The molecule has 1 aliphatic heterocycles. The second-order valence-corrected chi connectivity index (χ2v) is 4.69. The number of nitrogens with zero attached hydrogens (tertiary/aromatic N) is 2. The summed E-state index contributed by atoms with van der Waals surface area (Å²) < 4.78 is 5.30. The minimum atomic E-state index is 0.0833. The summed E-state index contributed by atoms with van der Waals surface area (Å²) >= 11 is 0. The van der Waals surface area contributed by atoms with E-state index in [0.29, 0.717) is 0 Å². The zero-order chi connectivity index (χ0) is 12.8. The first-order chi connectivity index (χ1) is 8.79. The van der Waals surface area contributed by atoms with Crippen LogP contribution in [0.4, 0.5) is 5.69 Å². The molecule has 0 radical (unpaired) electrons. The zero-order valence-electron chi connectivity index (χ0n) is 11.0. The Labute approximate surface area is 109 Å². The normalized spacial score (nSPS) is 19.1. The maximum atomic E-state index is 8.17. The summed E-state index contributed by atoms with van der Waals surface area (Å²) in [4.78, 5) is 6.71. The van der Waals surface area contributed by atoms with Gasteiger partial charge in [0.05, 0.1) is 31.2 Å². The standard InChI is InChI=1S/C11H16N2O.C3H6O/c1-2-10-3-4-11(9-12-10)13-5-7-14-8-6-13;4-3-1-2-3/h3-4,9H,2,5-8H2,1H3;3-4H,1-2H2. The Morgan fingerprint density at radius 3 is 2.44 bits per heavy atom. The Kier molecular flexibility index (Phi) is 4.96. The van der Waals surface area contributed by atoms with Gasteiger partial charge in [-0.25, -0.2) is 0 Å². The fourth-order valence-corrected chi connectivity index (χ4v) is 1.71. The lowest BCUT2D eigenvalue weighted by Gasteiger charge is -2.28. The number of rotatable bonds is 2. The molecule has 0 atom stereocenters. The van der Waals surface area contributed by atoms with Crippen molar-refractivity contribution < 1.29 is 9.84 Å². The molecule has 1 saturated carbocycles. The summed E-state index contributed by atoms with van der Waals surface area (Å²) in [5.74, 6) is 0. The van der Waals surface area contributed by atoms with E-state index in [-0.39, 0.29) is 6.10 Å². The zero-order valence-corrected chi connectivity index (χ0v) is 11.0. The Balaban J connectivity index is 0.000000256. The molecule has 0 unspecified atom stereocenters. The summed E-state index contributed by atoms with van der Waals surface area (Å²) in [5.41, 5.74) is 2.37. The molecule has 4 heteroatoms. The minimum Gasteiger partial charge on any atom is -0.393 e. The van der Waals surface area contributed by atoms with Gasteiger partial charge in [0.15, 0.2) is 0 Å². The van der Waals surface area contributed by atoms with Gasteiger partial charge in [-0.3, -0.25) is 4.98 Å². The first kappa shape index (κ1) is 13.3. The predicted molar refractivity (Wildman–Crippen MR) is 71.9 cm³/mol. The first-order valence-electron chi connectivity index (χ1n) is 6.75. The van der Waals surface area contributed by atoms with Gasteiger partial charge in [0.2, 0.25) is 0 Å². The largest absolute Gasteiger partial charge is 0.393 e. The van der Waals surface area contributed by atoms with E-state index < -0.39 is 0 Å². The fourth-order valence-electron chi connectivity index (χ4n) is 1.71. The number of aromatic nitrogens is 1.